The molecule has 1 aromatic rings. The van der Waals surface area contributed by atoms with Crippen LogP contribution < -0.4 is 5.32 Å². The van der Waals surface area contributed by atoms with E-state index in [0.29, 0.717) is 18.2 Å². The zero-order valence-corrected chi connectivity index (χ0v) is 12.8. The van der Waals surface area contributed by atoms with E-state index >= 15 is 0 Å². The van der Waals surface area contributed by atoms with Gasteiger partial charge in [-0.15, -0.1) is 0 Å². The van der Waals surface area contributed by atoms with E-state index in [-0.39, 0.29) is 0 Å². The Morgan fingerprint density at radius 3 is 2.63 bits per heavy atom. The normalized spacial score (nSPS) is 24.1. The third-order valence-electron chi connectivity index (χ3n) is 4.00. The van der Waals surface area contributed by atoms with E-state index in [9.17, 15) is 0 Å². The van der Waals surface area contributed by atoms with Gasteiger partial charge >= 0.3 is 0 Å². The maximum Gasteiger partial charge on any atom is 0.0604 e. The van der Waals surface area contributed by atoms with Crippen LogP contribution in [0.2, 0.25) is 0 Å². The molecule has 106 valence electrons. The molecule has 1 aliphatic carbocycles. The number of nitrogens with one attached hydrogen (secondary N) is 1. The highest BCUT2D eigenvalue weighted by molar-refractivity contribution is 5.33. The van der Waals surface area contributed by atoms with Crippen LogP contribution in [0.1, 0.15) is 55.2 Å². The van der Waals surface area contributed by atoms with E-state index in [0.717, 1.165) is 30.8 Å². The molecule has 2 rings (SSSR count). The van der Waals surface area contributed by atoms with Gasteiger partial charge in [0.15, 0.2) is 0 Å². The smallest absolute Gasteiger partial charge is 0.0604 e. The number of hydrogen-bond donors (Lipinski definition) is 1. The molecule has 0 saturated heterocycles. The fraction of sp³-hybridized carbons (Fsp3) is 0.688. The number of nitrogens with zero attached hydrogens (tertiary/aromatic N) is 1. The second-order valence-corrected chi connectivity index (χ2v) is 5.71. The summed E-state index contributed by atoms with van der Waals surface area (Å²) in [4.78, 5) is 4.59. The summed E-state index contributed by atoms with van der Waals surface area (Å²) in [6, 6.07) is 3.12. The molecule has 3 nitrogen and oxygen atoms in total. The SMILES string of the molecule is CCOC1CC(NC(C)c2c(C)cc(C)nc2C)C1. The van der Waals surface area contributed by atoms with Crippen LogP contribution in [0.5, 0.6) is 0 Å². The lowest BCUT2D eigenvalue weighted by atomic mass is 9.87. The molecule has 0 aliphatic heterocycles. The number of aryl methyl sites for hydroxylation is 3. The molecule has 0 radical (unpaired) electrons. The molecule has 1 N–H and O–H groups in total. The van der Waals surface area contributed by atoms with E-state index in [1.165, 1.54) is 11.1 Å². The quantitative estimate of drug-likeness (QED) is 0.884. The fourth-order valence-corrected chi connectivity index (χ4v) is 3.20. The van der Waals surface area contributed by atoms with Gasteiger partial charge in [0.1, 0.15) is 0 Å². The van der Waals surface area contributed by atoms with Crippen LogP contribution in [0.25, 0.3) is 0 Å². The molecular formula is C16H26N2O. The Hall–Kier alpha value is -0.930. The maximum absolute atomic E-state index is 5.61. The van der Waals surface area contributed by atoms with E-state index in [1.807, 2.05) is 0 Å². The zero-order valence-electron chi connectivity index (χ0n) is 12.8. The van der Waals surface area contributed by atoms with Crippen molar-refractivity contribution in [3.8, 4) is 0 Å². The van der Waals surface area contributed by atoms with Gasteiger partial charge in [0.2, 0.25) is 0 Å². The van der Waals surface area contributed by atoms with Crippen molar-refractivity contribution >= 4 is 0 Å². The van der Waals surface area contributed by atoms with Crippen LogP contribution in [0.15, 0.2) is 6.07 Å². The van der Waals surface area contributed by atoms with Gasteiger partial charge in [-0.25, -0.2) is 0 Å². The molecule has 1 heterocycles. The minimum atomic E-state index is 0.362. The number of aromatic nitrogens is 1. The molecular weight excluding hydrogens is 236 g/mol. The van der Waals surface area contributed by atoms with Gasteiger partial charge in [-0.3, -0.25) is 4.98 Å². The monoisotopic (exact) mass is 262 g/mol. The van der Waals surface area contributed by atoms with Crippen molar-refractivity contribution in [1.29, 1.82) is 0 Å². The lowest BCUT2D eigenvalue weighted by Crippen LogP contribution is -2.46. The summed E-state index contributed by atoms with van der Waals surface area (Å²) in [7, 11) is 0. The Bertz CT molecular complexity index is 415. The lowest BCUT2D eigenvalue weighted by Gasteiger charge is -2.37. The molecule has 1 aromatic heterocycles. The highest BCUT2D eigenvalue weighted by Crippen LogP contribution is 2.28. The summed E-state index contributed by atoms with van der Waals surface area (Å²) in [5.41, 5.74) is 4.94. The lowest BCUT2D eigenvalue weighted by molar-refractivity contribution is -0.0120. The van der Waals surface area contributed by atoms with E-state index in [1.54, 1.807) is 0 Å². The van der Waals surface area contributed by atoms with Crippen molar-refractivity contribution in [3.63, 3.8) is 0 Å². The molecule has 0 bridgehead atoms. The predicted octanol–water partition coefficient (Wildman–Crippen LogP) is 3.22. The number of hydrogen-bond acceptors (Lipinski definition) is 3. The van der Waals surface area contributed by atoms with Crippen molar-refractivity contribution in [2.24, 2.45) is 0 Å². The molecule has 0 amide bonds. The molecule has 1 saturated carbocycles. The summed E-state index contributed by atoms with van der Waals surface area (Å²) in [5.74, 6) is 0. The minimum Gasteiger partial charge on any atom is -0.378 e. The Morgan fingerprint density at radius 2 is 2.05 bits per heavy atom. The van der Waals surface area contributed by atoms with Gasteiger partial charge in [-0.2, -0.15) is 0 Å². The predicted molar refractivity (Wildman–Crippen MR) is 78.4 cm³/mol. The highest BCUT2D eigenvalue weighted by Gasteiger charge is 2.30. The Labute approximate surface area is 116 Å². The van der Waals surface area contributed by atoms with Crippen LogP contribution in [0.3, 0.4) is 0 Å². The summed E-state index contributed by atoms with van der Waals surface area (Å²) in [6.07, 6.45) is 2.73. The maximum atomic E-state index is 5.61. The second-order valence-electron chi connectivity index (χ2n) is 5.71. The molecule has 0 aromatic carbocycles. The zero-order chi connectivity index (χ0) is 14.0. The molecule has 19 heavy (non-hydrogen) atoms. The average Bonchev–Trinajstić information content (AvgIpc) is 2.24. The largest absolute Gasteiger partial charge is 0.378 e. The van der Waals surface area contributed by atoms with Gasteiger partial charge in [0, 0.05) is 30.1 Å². The average molecular weight is 262 g/mol. The van der Waals surface area contributed by atoms with Crippen LogP contribution in [0.4, 0.5) is 0 Å². The van der Waals surface area contributed by atoms with Gasteiger partial charge in [-0.1, -0.05) is 0 Å². The third-order valence-corrected chi connectivity index (χ3v) is 4.00. The molecule has 1 unspecified atom stereocenters. The third kappa shape index (κ3) is 3.34. The van der Waals surface area contributed by atoms with E-state index in [2.05, 4.69) is 51.0 Å². The molecule has 1 atom stereocenters. The first-order valence-electron chi connectivity index (χ1n) is 7.33. The highest BCUT2D eigenvalue weighted by atomic mass is 16.5. The van der Waals surface area contributed by atoms with Crippen molar-refractivity contribution in [3.05, 3.63) is 28.6 Å². The Kier molecular flexibility index (Phi) is 4.58. The van der Waals surface area contributed by atoms with Gasteiger partial charge in [0.25, 0.3) is 0 Å². The van der Waals surface area contributed by atoms with Crippen molar-refractivity contribution < 1.29 is 4.74 Å². The molecule has 3 heteroatoms. The van der Waals surface area contributed by atoms with Crippen molar-refractivity contribution in [2.45, 2.75) is 65.6 Å². The van der Waals surface area contributed by atoms with E-state index < -0.39 is 0 Å². The number of rotatable bonds is 5. The van der Waals surface area contributed by atoms with Gasteiger partial charge in [0.05, 0.1) is 6.10 Å². The number of ether oxygens (including phenoxy) is 1. The Morgan fingerprint density at radius 1 is 1.37 bits per heavy atom. The molecule has 1 fully saturated rings. The standard InChI is InChI=1S/C16H26N2O/c1-6-19-15-8-14(9-15)18-13(5)16-10(2)7-11(3)17-12(16)4/h7,13-15,18H,6,8-9H2,1-5H3. The molecule has 0 spiro atoms. The minimum absolute atomic E-state index is 0.362. The van der Waals surface area contributed by atoms with Crippen LogP contribution in [-0.4, -0.2) is 23.7 Å². The van der Waals surface area contributed by atoms with Crippen molar-refractivity contribution in [2.75, 3.05) is 6.61 Å². The topological polar surface area (TPSA) is 34.1 Å². The second kappa shape index (κ2) is 6.02. The van der Waals surface area contributed by atoms with Gasteiger partial charge in [-0.05, 0) is 64.7 Å². The summed E-state index contributed by atoms with van der Waals surface area (Å²) < 4.78 is 5.61. The Balaban J connectivity index is 1.96. The first-order chi connectivity index (χ1) is 9.01. The first-order valence-corrected chi connectivity index (χ1v) is 7.33. The van der Waals surface area contributed by atoms with Crippen molar-refractivity contribution in [1.82, 2.24) is 10.3 Å². The van der Waals surface area contributed by atoms with E-state index in [4.69, 9.17) is 4.74 Å². The van der Waals surface area contributed by atoms with Gasteiger partial charge < -0.3 is 10.1 Å². The number of pyridine rings is 1. The van der Waals surface area contributed by atoms with Crippen LogP contribution >= 0.6 is 0 Å². The summed E-state index contributed by atoms with van der Waals surface area (Å²) in [6.45, 7) is 11.5. The summed E-state index contributed by atoms with van der Waals surface area (Å²) in [5, 5.41) is 3.70. The molecule has 1 aliphatic rings. The fourth-order valence-electron chi connectivity index (χ4n) is 3.20. The van der Waals surface area contributed by atoms with Crippen LogP contribution in [-0.2, 0) is 4.74 Å². The van der Waals surface area contributed by atoms with Crippen LogP contribution in [0, 0.1) is 20.8 Å². The summed E-state index contributed by atoms with van der Waals surface area (Å²) >= 11 is 0. The first kappa shape index (κ1) is 14.5.